The molecule has 27 heavy (non-hydrogen) atoms. The normalized spacial score (nSPS) is 16.5. The molecule has 1 aliphatic heterocycles. The highest BCUT2D eigenvalue weighted by atomic mass is 35.5. The number of nitrogens with zero attached hydrogens (tertiary/aromatic N) is 3. The molecule has 0 aliphatic carbocycles. The van der Waals surface area contributed by atoms with Crippen LogP contribution in [0.2, 0.25) is 5.02 Å². The maximum atomic E-state index is 6.08. The van der Waals surface area contributed by atoms with Crippen molar-refractivity contribution in [3.05, 3.63) is 58.2 Å². The molecule has 3 aromatic rings. The lowest BCUT2D eigenvalue weighted by Gasteiger charge is -2.32. The number of nitrogens with one attached hydrogen (secondary N) is 1. The fraction of sp³-hybridized carbons (Fsp3) is 0.286. The molecule has 2 aromatic carbocycles. The van der Waals surface area contributed by atoms with E-state index in [-0.39, 0.29) is 0 Å². The number of nitrogens with two attached hydrogens (primary N) is 1. The minimum atomic E-state index is 0.540. The van der Waals surface area contributed by atoms with Gasteiger partial charge in [0.2, 0.25) is 0 Å². The lowest BCUT2D eigenvalue weighted by molar-refractivity contribution is 0.148. The van der Waals surface area contributed by atoms with Crippen molar-refractivity contribution in [3.8, 4) is 0 Å². The van der Waals surface area contributed by atoms with E-state index in [4.69, 9.17) is 17.3 Å². The first-order valence-electron chi connectivity index (χ1n) is 9.19. The fourth-order valence-corrected chi connectivity index (χ4v) is 3.60. The summed E-state index contributed by atoms with van der Waals surface area (Å²) in [5.41, 5.74) is 10.7. The maximum Gasteiger partial charge on any atom is 0.0928 e. The molecule has 1 aliphatic rings. The highest BCUT2D eigenvalue weighted by molar-refractivity contribution is 6.33. The lowest BCUT2D eigenvalue weighted by Crippen LogP contribution is -2.43. The number of H-pyrrole nitrogens is 1. The number of piperazine rings is 1. The van der Waals surface area contributed by atoms with Crippen molar-refractivity contribution in [1.82, 2.24) is 20.0 Å². The zero-order valence-corrected chi connectivity index (χ0v) is 16.2. The highest BCUT2D eigenvalue weighted by Gasteiger charge is 2.13. The average Bonchev–Trinajstić information content (AvgIpc) is 3.04. The van der Waals surface area contributed by atoms with Crippen LogP contribution in [0.5, 0.6) is 0 Å². The number of hydrogen-bond acceptors (Lipinski definition) is 4. The molecule has 0 radical (unpaired) electrons. The molecule has 6 heteroatoms. The number of nitrogen functional groups attached to an aromatic ring is 1. The van der Waals surface area contributed by atoms with Gasteiger partial charge in [0.05, 0.1) is 21.9 Å². The Labute approximate surface area is 164 Å². The van der Waals surface area contributed by atoms with Crippen LogP contribution in [-0.2, 0) is 6.54 Å². The van der Waals surface area contributed by atoms with Gasteiger partial charge >= 0.3 is 0 Å². The van der Waals surface area contributed by atoms with Crippen molar-refractivity contribution in [3.63, 3.8) is 0 Å². The molecule has 140 valence electrons. The van der Waals surface area contributed by atoms with Crippen LogP contribution in [-0.4, -0.2) is 53.2 Å². The number of benzene rings is 2. The van der Waals surface area contributed by atoms with Crippen molar-refractivity contribution in [2.75, 3.05) is 39.0 Å². The molecular weight excluding hydrogens is 358 g/mol. The number of rotatable bonds is 4. The third kappa shape index (κ3) is 4.16. The molecule has 1 saturated heterocycles. The number of likely N-dealkylation sites (N-methyl/N-ethyl adjacent to an activating group) is 1. The molecule has 0 saturated carbocycles. The van der Waals surface area contributed by atoms with E-state index in [0.717, 1.165) is 49.3 Å². The van der Waals surface area contributed by atoms with E-state index in [1.165, 1.54) is 11.1 Å². The molecule has 0 atom stereocenters. The van der Waals surface area contributed by atoms with Gasteiger partial charge in [-0.2, -0.15) is 5.10 Å². The number of aromatic nitrogens is 2. The fourth-order valence-electron chi connectivity index (χ4n) is 3.44. The largest absolute Gasteiger partial charge is 0.398 e. The smallest absolute Gasteiger partial charge is 0.0928 e. The maximum absolute atomic E-state index is 6.08. The molecule has 0 spiro atoms. The van der Waals surface area contributed by atoms with Crippen molar-refractivity contribution in [1.29, 1.82) is 0 Å². The van der Waals surface area contributed by atoms with E-state index in [2.05, 4.69) is 57.4 Å². The monoisotopic (exact) mass is 381 g/mol. The van der Waals surface area contributed by atoms with Gasteiger partial charge in [0, 0.05) is 38.1 Å². The Bertz CT molecular complexity index is 970. The van der Waals surface area contributed by atoms with Crippen LogP contribution < -0.4 is 5.73 Å². The summed E-state index contributed by atoms with van der Waals surface area (Å²) in [7, 11) is 2.18. The SMILES string of the molecule is CN1CCN(Cc2cccc(C=Cc3n[nH]c4cc(Cl)c(N)cc34)c2)CC1. The number of aromatic amines is 1. The van der Waals surface area contributed by atoms with Crippen molar-refractivity contribution >= 4 is 40.3 Å². The van der Waals surface area contributed by atoms with Crippen LogP contribution in [0.4, 0.5) is 5.69 Å². The molecule has 5 nitrogen and oxygen atoms in total. The van der Waals surface area contributed by atoms with Gasteiger partial charge in [0.25, 0.3) is 0 Å². The van der Waals surface area contributed by atoms with Gasteiger partial charge in [-0.25, -0.2) is 0 Å². The summed E-state index contributed by atoms with van der Waals surface area (Å²) in [6, 6.07) is 12.4. The Morgan fingerprint density at radius 3 is 2.78 bits per heavy atom. The predicted octanol–water partition coefficient (Wildman–Crippen LogP) is 3.72. The summed E-state index contributed by atoms with van der Waals surface area (Å²) in [5.74, 6) is 0. The van der Waals surface area contributed by atoms with Gasteiger partial charge in [0.15, 0.2) is 0 Å². The molecule has 0 amide bonds. The second-order valence-corrected chi connectivity index (χ2v) is 7.59. The molecule has 3 N–H and O–H groups in total. The Morgan fingerprint density at radius 2 is 1.96 bits per heavy atom. The number of halogens is 1. The highest BCUT2D eigenvalue weighted by Crippen LogP contribution is 2.27. The summed E-state index contributed by atoms with van der Waals surface area (Å²) in [4.78, 5) is 4.89. The molecule has 1 aromatic heterocycles. The molecule has 0 bridgehead atoms. The summed E-state index contributed by atoms with van der Waals surface area (Å²) in [6.45, 7) is 5.52. The van der Waals surface area contributed by atoms with Crippen LogP contribution in [0.1, 0.15) is 16.8 Å². The summed E-state index contributed by atoms with van der Waals surface area (Å²) >= 11 is 6.08. The van der Waals surface area contributed by atoms with Crippen molar-refractivity contribution in [2.45, 2.75) is 6.54 Å². The first kappa shape index (κ1) is 18.0. The third-order valence-electron chi connectivity index (χ3n) is 5.10. The molecule has 4 rings (SSSR count). The summed E-state index contributed by atoms with van der Waals surface area (Å²) in [5, 5.41) is 8.90. The van der Waals surface area contributed by atoms with Gasteiger partial charge in [-0.15, -0.1) is 0 Å². The zero-order chi connectivity index (χ0) is 18.8. The second kappa shape index (κ2) is 7.72. The van der Waals surface area contributed by atoms with Gasteiger partial charge in [-0.3, -0.25) is 10.00 Å². The summed E-state index contributed by atoms with van der Waals surface area (Å²) in [6.07, 6.45) is 4.11. The average molecular weight is 382 g/mol. The Balaban J connectivity index is 1.50. The van der Waals surface area contributed by atoms with Crippen LogP contribution >= 0.6 is 11.6 Å². The van der Waals surface area contributed by atoms with E-state index in [1.807, 2.05) is 18.2 Å². The Hall–Kier alpha value is -2.34. The van der Waals surface area contributed by atoms with E-state index in [9.17, 15) is 0 Å². The van der Waals surface area contributed by atoms with Crippen LogP contribution in [0.25, 0.3) is 23.1 Å². The Morgan fingerprint density at radius 1 is 1.15 bits per heavy atom. The molecule has 0 unspecified atom stereocenters. The minimum absolute atomic E-state index is 0.540. The first-order chi connectivity index (χ1) is 13.1. The second-order valence-electron chi connectivity index (χ2n) is 7.19. The number of hydrogen-bond donors (Lipinski definition) is 2. The quantitative estimate of drug-likeness (QED) is 0.676. The molecular formula is C21H24ClN5. The standard InChI is InChI=1S/C21H24ClN5/c1-26-7-9-27(10-8-26)14-16-4-2-3-15(11-16)5-6-20-17-12-19(23)18(22)13-21(17)25-24-20/h2-6,11-13H,7-10,14,23H2,1H3,(H,24,25). The first-order valence-corrected chi connectivity index (χ1v) is 9.57. The van der Waals surface area contributed by atoms with Gasteiger partial charge in [0.1, 0.15) is 0 Å². The van der Waals surface area contributed by atoms with Crippen LogP contribution in [0.3, 0.4) is 0 Å². The van der Waals surface area contributed by atoms with E-state index >= 15 is 0 Å². The van der Waals surface area contributed by atoms with Gasteiger partial charge in [-0.1, -0.05) is 41.9 Å². The topological polar surface area (TPSA) is 61.2 Å². The van der Waals surface area contributed by atoms with Crippen LogP contribution in [0.15, 0.2) is 36.4 Å². The van der Waals surface area contributed by atoms with E-state index in [0.29, 0.717) is 10.7 Å². The predicted molar refractivity (Wildman–Crippen MR) is 114 cm³/mol. The van der Waals surface area contributed by atoms with Crippen molar-refractivity contribution in [2.24, 2.45) is 0 Å². The third-order valence-corrected chi connectivity index (χ3v) is 5.42. The van der Waals surface area contributed by atoms with Crippen LogP contribution in [0, 0.1) is 0 Å². The molecule has 2 heterocycles. The zero-order valence-electron chi connectivity index (χ0n) is 15.5. The van der Waals surface area contributed by atoms with Crippen molar-refractivity contribution < 1.29 is 0 Å². The van der Waals surface area contributed by atoms with Gasteiger partial charge < -0.3 is 10.6 Å². The number of anilines is 1. The number of fused-ring (bicyclic) bond motifs is 1. The lowest BCUT2D eigenvalue weighted by atomic mass is 10.1. The van der Waals surface area contributed by atoms with E-state index < -0.39 is 0 Å². The summed E-state index contributed by atoms with van der Waals surface area (Å²) < 4.78 is 0. The molecule has 1 fully saturated rings. The van der Waals surface area contributed by atoms with Gasteiger partial charge in [-0.05, 0) is 36.4 Å². The van der Waals surface area contributed by atoms with E-state index in [1.54, 1.807) is 0 Å². The Kier molecular flexibility index (Phi) is 5.16. The minimum Gasteiger partial charge on any atom is -0.398 e.